The minimum absolute atomic E-state index is 0.157. The molecule has 3 aromatic rings. The highest BCUT2D eigenvalue weighted by atomic mass is 32.2. The number of carbonyl (C=O) groups is 1. The van der Waals surface area contributed by atoms with Gasteiger partial charge in [-0.15, -0.1) is 10.2 Å². The number of benzene rings is 2. The van der Waals surface area contributed by atoms with Gasteiger partial charge in [-0.05, 0) is 35.9 Å². The van der Waals surface area contributed by atoms with E-state index < -0.39 is 23.5 Å². The zero-order valence-corrected chi connectivity index (χ0v) is 15.1. The van der Waals surface area contributed by atoms with Crippen LogP contribution in [0.2, 0.25) is 0 Å². The van der Waals surface area contributed by atoms with Crippen LogP contribution in [0.5, 0.6) is 0 Å². The van der Waals surface area contributed by atoms with E-state index in [0.717, 1.165) is 29.5 Å². The average Bonchev–Trinajstić information content (AvgIpc) is 3.07. The van der Waals surface area contributed by atoms with Gasteiger partial charge in [0.25, 0.3) is 5.91 Å². The summed E-state index contributed by atoms with van der Waals surface area (Å²) in [4.78, 5) is 12.0. The number of hydrogen-bond acceptors (Lipinski definition) is 5. The number of alkyl halides is 3. The Morgan fingerprint density at radius 2 is 1.85 bits per heavy atom. The number of aromatic nitrogens is 2. The maximum Gasteiger partial charge on any atom is 0.416 e. The van der Waals surface area contributed by atoms with Crippen LogP contribution in [0, 0.1) is 5.82 Å². The van der Waals surface area contributed by atoms with E-state index in [1.165, 1.54) is 42.1 Å². The first-order valence-electron chi connectivity index (χ1n) is 7.50. The van der Waals surface area contributed by atoms with Crippen LogP contribution in [0.1, 0.15) is 21.5 Å². The second-order valence-electron chi connectivity index (χ2n) is 5.32. The number of nitrogens with zero attached hydrogens (tertiary/aromatic N) is 2. The van der Waals surface area contributed by atoms with Gasteiger partial charge in [0.15, 0.2) is 4.34 Å². The van der Waals surface area contributed by atoms with Gasteiger partial charge in [0.05, 0.1) is 5.56 Å². The molecule has 1 aromatic heterocycles. The lowest BCUT2D eigenvalue weighted by Crippen LogP contribution is -2.11. The van der Waals surface area contributed by atoms with Gasteiger partial charge in [0.2, 0.25) is 5.13 Å². The summed E-state index contributed by atoms with van der Waals surface area (Å²) in [7, 11) is 0. The third kappa shape index (κ3) is 5.27. The minimum atomic E-state index is -4.36. The fraction of sp³-hybridized carbons (Fsp3) is 0.118. The predicted octanol–water partition coefficient (Wildman–Crippen LogP) is 5.24. The zero-order chi connectivity index (χ0) is 19.4. The number of rotatable bonds is 5. The molecule has 0 radical (unpaired) electrons. The molecule has 0 aliphatic carbocycles. The molecule has 140 valence electrons. The van der Waals surface area contributed by atoms with Crippen LogP contribution in [0.4, 0.5) is 22.7 Å². The second kappa shape index (κ2) is 8.05. The molecule has 0 bridgehead atoms. The lowest BCUT2D eigenvalue weighted by Gasteiger charge is -2.06. The van der Waals surface area contributed by atoms with Crippen LogP contribution >= 0.6 is 23.1 Å². The van der Waals surface area contributed by atoms with E-state index in [1.807, 2.05) is 0 Å². The predicted molar refractivity (Wildman–Crippen MR) is 95.3 cm³/mol. The highest BCUT2D eigenvalue weighted by molar-refractivity contribution is 8.00. The summed E-state index contributed by atoms with van der Waals surface area (Å²) in [6.45, 7) is 0. The lowest BCUT2D eigenvalue weighted by molar-refractivity contribution is -0.137. The molecule has 1 N–H and O–H groups in total. The van der Waals surface area contributed by atoms with Crippen molar-refractivity contribution in [1.29, 1.82) is 0 Å². The highest BCUT2D eigenvalue weighted by Crippen LogP contribution is 2.31. The molecule has 0 saturated heterocycles. The Bertz CT molecular complexity index is 942. The number of thioether (sulfide) groups is 1. The van der Waals surface area contributed by atoms with Crippen molar-refractivity contribution in [2.24, 2.45) is 0 Å². The van der Waals surface area contributed by atoms with Gasteiger partial charge in [-0.3, -0.25) is 10.1 Å². The van der Waals surface area contributed by atoms with E-state index in [1.54, 1.807) is 0 Å². The maximum atomic E-state index is 13.2. The van der Waals surface area contributed by atoms with Crippen LogP contribution in [0.25, 0.3) is 0 Å². The first-order chi connectivity index (χ1) is 12.8. The maximum absolute atomic E-state index is 13.2. The fourth-order valence-electron chi connectivity index (χ4n) is 2.05. The van der Waals surface area contributed by atoms with Crippen molar-refractivity contribution in [1.82, 2.24) is 10.2 Å². The molecule has 4 nitrogen and oxygen atoms in total. The number of halogens is 4. The summed E-state index contributed by atoms with van der Waals surface area (Å²) in [5.74, 6) is -0.623. The van der Waals surface area contributed by atoms with Crippen molar-refractivity contribution in [2.75, 3.05) is 5.32 Å². The number of nitrogens with one attached hydrogen (secondary N) is 1. The van der Waals surface area contributed by atoms with E-state index in [-0.39, 0.29) is 10.7 Å². The summed E-state index contributed by atoms with van der Waals surface area (Å²) in [6.07, 6.45) is -4.36. The zero-order valence-electron chi connectivity index (χ0n) is 13.5. The van der Waals surface area contributed by atoms with Crippen molar-refractivity contribution >= 4 is 34.1 Å². The molecule has 0 aliphatic rings. The highest BCUT2D eigenvalue weighted by Gasteiger charge is 2.29. The quantitative estimate of drug-likeness (QED) is 0.353. The van der Waals surface area contributed by atoms with Crippen molar-refractivity contribution in [3.63, 3.8) is 0 Å². The monoisotopic (exact) mass is 413 g/mol. The summed E-state index contributed by atoms with van der Waals surface area (Å²) >= 11 is 2.41. The van der Waals surface area contributed by atoms with Gasteiger partial charge in [-0.1, -0.05) is 41.3 Å². The third-order valence-corrected chi connectivity index (χ3v) is 5.40. The van der Waals surface area contributed by atoms with Crippen molar-refractivity contribution in [3.8, 4) is 0 Å². The molecule has 0 spiro atoms. The van der Waals surface area contributed by atoms with Crippen molar-refractivity contribution < 1.29 is 22.4 Å². The van der Waals surface area contributed by atoms with E-state index in [9.17, 15) is 22.4 Å². The number of anilines is 1. The molecule has 0 saturated carbocycles. The smallest absolute Gasteiger partial charge is 0.296 e. The Kier molecular flexibility index (Phi) is 5.76. The molecular weight excluding hydrogens is 402 g/mol. The Labute approximate surface area is 159 Å². The van der Waals surface area contributed by atoms with Gasteiger partial charge in [0.1, 0.15) is 5.82 Å². The van der Waals surface area contributed by atoms with Gasteiger partial charge >= 0.3 is 6.18 Å². The Hall–Kier alpha value is -2.46. The molecule has 1 amide bonds. The SMILES string of the molecule is O=C(Nc1nnc(SCc2ccc(C(F)(F)F)cc2)s1)c1cccc(F)c1. The normalized spacial score (nSPS) is 11.4. The topological polar surface area (TPSA) is 54.9 Å². The Balaban J connectivity index is 1.57. The minimum Gasteiger partial charge on any atom is -0.296 e. The van der Waals surface area contributed by atoms with Gasteiger partial charge < -0.3 is 0 Å². The molecule has 0 atom stereocenters. The van der Waals surface area contributed by atoms with Gasteiger partial charge in [-0.25, -0.2) is 4.39 Å². The standard InChI is InChI=1S/C17H11F4N3OS2/c18-13-3-1-2-11(8-13)14(25)22-15-23-24-16(27-15)26-9-10-4-6-12(7-5-10)17(19,20)21/h1-8H,9H2,(H,22,23,25). The number of amides is 1. The second-order valence-corrected chi connectivity index (χ2v) is 7.52. The van der Waals surface area contributed by atoms with Crippen LogP contribution in [-0.4, -0.2) is 16.1 Å². The molecule has 2 aromatic carbocycles. The summed E-state index contributed by atoms with van der Waals surface area (Å²) < 4.78 is 51.3. The third-order valence-electron chi connectivity index (χ3n) is 3.36. The van der Waals surface area contributed by atoms with Gasteiger partial charge in [-0.2, -0.15) is 13.2 Å². The molecular formula is C17H11F4N3OS2. The molecule has 10 heteroatoms. The molecule has 1 heterocycles. The van der Waals surface area contributed by atoms with Crippen LogP contribution < -0.4 is 5.32 Å². The summed E-state index contributed by atoms with van der Waals surface area (Å²) in [5.41, 5.74) is 0.159. The Morgan fingerprint density at radius 1 is 1.11 bits per heavy atom. The first kappa shape index (κ1) is 19.3. The number of hydrogen-bond donors (Lipinski definition) is 1. The van der Waals surface area contributed by atoms with E-state index >= 15 is 0 Å². The van der Waals surface area contributed by atoms with Gasteiger partial charge in [0, 0.05) is 11.3 Å². The van der Waals surface area contributed by atoms with Crippen LogP contribution in [0.3, 0.4) is 0 Å². The average molecular weight is 413 g/mol. The van der Waals surface area contributed by atoms with Crippen molar-refractivity contribution in [2.45, 2.75) is 16.3 Å². The molecule has 3 rings (SSSR count). The van der Waals surface area contributed by atoms with E-state index in [2.05, 4.69) is 15.5 Å². The number of carbonyl (C=O) groups excluding carboxylic acids is 1. The summed E-state index contributed by atoms with van der Waals surface area (Å²) in [5, 5.41) is 10.5. The molecule has 0 aliphatic heterocycles. The van der Waals surface area contributed by atoms with Crippen LogP contribution in [0.15, 0.2) is 52.9 Å². The molecule has 0 fully saturated rings. The van der Waals surface area contributed by atoms with E-state index in [4.69, 9.17) is 0 Å². The molecule has 0 unspecified atom stereocenters. The lowest BCUT2D eigenvalue weighted by atomic mass is 10.1. The van der Waals surface area contributed by atoms with Crippen molar-refractivity contribution in [3.05, 3.63) is 71.0 Å². The van der Waals surface area contributed by atoms with Crippen LogP contribution in [-0.2, 0) is 11.9 Å². The first-order valence-corrected chi connectivity index (χ1v) is 9.31. The Morgan fingerprint density at radius 3 is 2.52 bits per heavy atom. The fourth-order valence-corrected chi connectivity index (χ4v) is 3.76. The van der Waals surface area contributed by atoms with E-state index in [0.29, 0.717) is 15.7 Å². The largest absolute Gasteiger partial charge is 0.416 e. The summed E-state index contributed by atoms with van der Waals surface area (Å²) in [6, 6.07) is 10.1. The molecule has 27 heavy (non-hydrogen) atoms.